The molecule has 0 saturated carbocycles. The molecule has 0 aliphatic carbocycles. The van der Waals surface area contributed by atoms with Crippen LogP contribution in [0.1, 0.15) is 26.2 Å². The largest absolute Gasteiger partial charge is 0.169 e. The topological polar surface area (TPSA) is 42.5 Å². The monoisotopic (exact) mass is 166 g/mol. The fourth-order valence-corrected chi connectivity index (χ4v) is 0.856. The van der Waals surface area contributed by atoms with E-state index in [2.05, 4.69) is 22.4 Å². The molecule has 0 spiro atoms. The molecule has 0 amide bonds. The van der Waals surface area contributed by atoms with Gasteiger partial charge in [0.05, 0.1) is 18.9 Å². The molecule has 0 radical (unpaired) electrons. The number of hydrogen-bond acceptors (Lipinski definition) is 3. The fourth-order valence-electron chi connectivity index (χ4n) is 0.856. The summed E-state index contributed by atoms with van der Waals surface area (Å²) in [4.78, 5) is 1.46. The third-order valence-electron chi connectivity index (χ3n) is 1.51. The quantitative estimate of drug-likeness (QED) is 0.488. The van der Waals surface area contributed by atoms with Crippen molar-refractivity contribution in [3.8, 4) is 0 Å². The second-order valence-corrected chi connectivity index (χ2v) is 2.59. The molecular weight excluding hydrogens is 152 g/mol. The van der Waals surface area contributed by atoms with Crippen molar-refractivity contribution in [3.05, 3.63) is 18.5 Å². The summed E-state index contributed by atoms with van der Waals surface area (Å²) in [6.07, 6.45) is 7.01. The van der Waals surface area contributed by atoms with Gasteiger partial charge in [-0.25, -0.2) is 0 Å². The molecule has 4 nitrogen and oxygen atoms in total. The van der Waals surface area contributed by atoms with Gasteiger partial charge >= 0.3 is 0 Å². The smallest absolute Gasteiger partial charge is 0.0621 e. The van der Waals surface area contributed by atoms with Crippen LogP contribution in [0.5, 0.6) is 0 Å². The first kappa shape index (κ1) is 8.90. The maximum Gasteiger partial charge on any atom is 0.0621 e. The second kappa shape index (κ2) is 5.46. The summed E-state index contributed by atoms with van der Waals surface area (Å²) in [6, 6.07) is 1.82. The van der Waals surface area contributed by atoms with Crippen molar-refractivity contribution in [2.75, 3.05) is 6.54 Å². The lowest BCUT2D eigenvalue weighted by Gasteiger charge is -1.90. The van der Waals surface area contributed by atoms with Crippen molar-refractivity contribution in [1.29, 1.82) is 0 Å². The first-order valence-electron chi connectivity index (χ1n) is 4.31. The molecular formula is C8H14N4. The fraction of sp³-hybridized carbons (Fsp3) is 0.625. The summed E-state index contributed by atoms with van der Waals surface area (Å²) in [6.45, 7) is 2.97. The number of rotatable bonds is 5. The van der Waals surface area contributed by atoms with Crippen LogP contribution in [-0.2, 0) is 0 Å². The molecule has 12 heavy (non-hydrogen) atoms. The highest BCUT2D eigenvalue weighted by Gasteiger charge is 1.84. The summed E-state index contributed by atoms with van der Waals surface area (Å²) >= 11 is 0. The zero-order valence-electron chi connectivity index (χ0n) is 7.35. The van der Waals surface area contributed by atoms with E-state index in [9.17, 15) is 0 Å². The first-order valence-corrected chi connectivity index (χ1v) is 4.31. The molecule has 1 heterocycles. The van der Waals surface area contributed by atoms with Gasteiger partial charge < -0.3 is 0 Å². The highest BCUT2D eigenvalue weighted by Crippen LogP contribution is 1.94. The zero-order valence-corrected chi connectivity index (χ0v) is 7.35. The second-order valence-electron chi connectivity index (χ2n) is 2.59. The molecule has 0 unspecified atom stereocenters. The Hall–Kier alpha value is -1.19. The van der Waals surface area contributed by atoms with Crippen LogP contribution >= 0.6 is 0 Å². The van der Waals surface area contributed by atoms with Gasteiger partial charge in [0.1, 0.15) is 0 Å². The van der Waals surface area contributed by atoms with Crippen molar-refractivity contribution < 1.29 is 0 Å². The Balaban J connectivity index is 2.14. The van der Waals surface area contributed by atoms with E-state index in [4.69, 9.17) is 0 Å². The predicted molar refractivity (Wildman–Crippen MR) is 46.9 cm³/mol. The van der Waals surface area contributed by atoms with Gasteiger partial charge in [-0.15, -0.1) is 4.79 Å². The molecule has 0 aromatic carbocycles. The molecule has 0 fully saturated rings. The van der Waals surface area contributed by atoms with E-state index in [0.717, 1.165) is 13.0 Å². The van der Waals surface area contributed by atoms with Gasteiger partial charge in [0.2, 0.25) is 0 Å². The Bertz CT molecular complexity index is 215. The molecule has 1 aromatic rings. The molecule has 4 heteroatoms. The lowest BCUT2D eigenvalue weighted by Crippen LogP contribution is -1.87. The Kier molecular flexibility index (Phi) is 4.05. The van der Waals surface area contributed by atoms with E-state index in [1.54, 1.807) is 12.4 Å². The number of nitrogens with zero attached hydrogens (tertiary/aromatic N) is 4. The summed E-state index contributed by atoms with van der Waals surface area (Å²) in [5.74, 6) is 0. The molecule has 1 aromatic heterocycles. The minimum atomic E-state index is 0.799. The third kappa shape index (κ3) is 3.27. The third-order valence-corrected chi connectivity index (χ3v) is 1.51. The van der Waals surface area contributed by atoms with Crippen molar-refractivity contribution in [2.24, 2.45) is 10.3 Å². The van der Waals surface area contributed by atoms with Crippen LogP contribution in [0.15, 0.2) is 28.8 Å². The highest BCUT2D eigenvalue weighted by atomic mass is 15.6. The van der Waals surface area contributed by atoms with Crippen LogP contribution in [0.25, 0.3) is 0 Å². The highest BCUT2D eigenvalue weighted by molar-refractivity contribution is 4.76. The minimum Gasteiger partial charge on any atom is -0.169 e. The summed E-state index contributed by atoms with van der Waals surface area (Å²) in [5.41, 5.74) is 0. The molecule has 0 atom stereocenters. The van der Waals surface area contributed by atoms with E-state index < -0.39 is 0 Å². The van der Waals surface area contributed by atoms with Gasteiger partial charge in [-0.3, -0.25) is 0 Å². The van der Waals surface area contributed by atoms with Gasteiger partial charge in [0.15, 0.2) is 0 Å². The molecule has 0 saturated heterocycles. The van der Waals surface area contributed by atoms with Crippen LogP contribution < -0.4 is 0 Å². The summed E-state index contributed by atoms with van der Waals surface area (Å²) < 4.78 is 0. The van der Waals surface area contributed by atoms with E-state index in [1.165, 1.54) is 17.6 Å². The van der Waals surface area contributed by atoms with Crippen molar-refractivity contribution in [2.45, 2.75) is 26.2 Å². The van der Waals surface area contributed by atoms with Crippen molar-refractivity contribution in [3.63, 3.8) is 0 Å². The van der Waals surface area contributed by atoms with Crippen LogP contribution in [-0.4, -0.2) is 16.4 Å². The zero-order chi connectivity index (χ0) is 8.65. The number of unbranched alkanes of at least 4 members (excludes halogenated alkanes) is 2. The molecule has 1 rings (SSSR count). The van der Waals surface area contributed by atoms with Crippen molar-refractivity contribution in [1.82, 2.24) is 9.89 Å². The number of hydrogen-bond donors (Lipinski definition) is 0. The normalized spacial score (nSPS) is 11.1. The first-order chi connectivity index (χ1) is 5.93. The lowest BCUT2D eigenvalue weighted by molar-refractivity contribution is 0.635. The molecule has 0 aliphatic rings. The van der Waals surface area contributed by atoms with Crippen LogP contribution in [0, 0.1) is 0 Å². The van der Waals surface area contributed by atoms with E-state index in [1.807, 2.05) is 6.07 Å². The van der Waals surface area contributed by atoms with Crippen LogP contribution in [0.4, 0.5) is 0 Å². The maximum atomic E-state index is 3.98. The Labute approximate surface area is 72.3 Å². The Morgan fingerprint density at radius 3 is 3.00 bits per heavy atom. The van der Waals surface area contributed by atoms with Gasteiger partial charge in [-0.1, -0.05) is 19.8 Å². The molecule has 0 aliphatic heterocycles. The Morgan fingerprint density at radius 1 is 1.42 bits per heavy atom. The SMILES string of the molecule is CCCCC/N=N/n1cccn1. The molecule has 0 bridgehead atoms. The molecule has 66 valence electrons. The van der Waals surface area contributed by atoms with Gasteiger partial charge in [0.25, 0.3) is 0 Å². The average molecular weight is 166 g/mol. The lowest BCUT2D eigenvalue weighted by atomic mass is 10.3. The van der Waals surface area contributed by atoms with Gasteiger partial charge in [0, 0.05) is 0 Å². The van der Waals surface area contributed by atoms with Crippen molar-refractivity contribution >= 4 is 0 Å². The van der Waals surface area contributed by atoms with Gasteiger partial charge in [-0.2, -0.15) is 10.2 Å². The number of aromatic nitrogens is 2. The summed E-state index contributed by atoms with van der Waals surface area (Å²) in [7, 11) is 0. The van der Waals surface area contributed by atoms with E-state index in [-0.39, 0.29) is 0 Å². The Morgan fingerprint density at radius 2 is 2.33 bits per heavy atom. The average Bonchev–Trinajstić information content (AvgIpc) is 2.57. The van der Waals surface area contributed by atoms with Gasteiger partial charge in [-0.05, 0) is 17.7 Å². The van der Waals surface area contributed by atoms with Crippen LogP contribution in [0.3, 0.4) is 0 Å². The molecule has 0 N–H and O–H groups in total. The van der Waals surface area contributed by atoms with E-state index >= 15 is 0 Å². The summed E-state index contributed by atoms with van der Waals surface area (Å²) in [5, 5.41) is 11.7. The standard InChI is InChI=1S/C8H14N4/c1-2-3-4-6-9-11-12-8-5-7-10-12/h5,7-8H,2-4,6H2,1H3/b11-9+. The van der Waals surface area contributed by atoms with Crippen LogP contribution in [0.2, 0.25) is 0 Å². The minimum absolute atomic E-state index is 0.799. The predicted octanol–water partition coefficient (Wildman–Crippen LogP) is 2.29. The maximum absolute atomic E-state index is 3.98. The van der Waals surface area contributed by atoms with E-state index in [0.29, 0.717) is 0 Å².